The van der Waals surface area contributed by atoms with Gasteiger partial charge in [0.2, 0.25) is 0 Å². The maximum atomic E-state index is 10.6. The van der Waals surface area contributed by atoms with Crippen LogP contribution in [0.5, 0.6) is 0 Å². The monoisotopic (exact) mass is 176 g/mol. The number of primary amides is 1. The Morgan fingerprint density at radius 1 is 1.62 bits per heavy atom. The van der Waals surface area contributed by atoms with Gasteiger partial charge in [-0.25, -0.2) is 4.98 Å². The first-order valence-electron chi connectivity index (χ1n) is 3.59. The number of rotatable bonds is 1. The number of hydrogen-bond acceptors (Lipinski definition) is 3. The van der Waals surface area contributed by atoms with Crippen molar-refractivity contribution in [3.8, 4) is 11.8 Å². The minimum Gasteiger partial charge on any atom is -0.384 e. The van der Waals surface area contributed by atoms with E-state index in [0.717, 1.165) is 0 Å². The van der Waals surface area contributed by atoms with E-state index in [1.165, 1.54) is 12.3 Å². The van der Waals surface area contributed by atoms with Gasteiger partial charge in [-0.3, -0.25) is 4.79 Å². The maximum Gasteiger partial charge on any atom is 0.267 e. The van der Waals surface area contributed by atoms with E-state index >= 15 is 0 Å². The number of amides is 1. The van der Waals surface area contributed by atoms with Crippen molar-refractivity contribution in [3.05, 3.63) is 29.6 Å². The molecule has 0 saturated carbocycles. The molecule has 0 radical (unpaired) electrons. The Morgan fingerprint density at radius 2 is 2.38 bits per heavy atom. The predicted molar refractivity (Wildman–Crippen MR) is 46.7 cm³/mol. The molecule has 3 N–H and O–H groups in total. The second kappa shape index (κ2) is 4.24. The lowest BCUT2D eigenvalue weighted by Crippen LogP contribution is -2.12. The average molecular weight is 176 g/mol. The minimum atomic E-state index is -0.568. The van der Waals surface area contributed by atoms with E-state index in [0.29, 0.717) is 5.56 Å². The fourth-order valence-electron chi connectivity index (χ4n) is 0.755. The number of pyridine rings is 1. The molecule has 0 atom stereocenters. The summed E-state index contributed by atoms with van der Waals surface area (Å²) in [5.74, 6) is 4.54. The number of aliphatic hydroxyl groups is 1. The number of aliphatic hydroxyl groups excluding tert-OH is 1. The third kappa shape index (κ3) is 2.58. The number of aromatic nitrogens is 1. The molecule has 0 aromatic carbocycles. The zero-order valence-corrected chi connectivity index (χ0v) is 6.82. The molecule has 1 aromatic heterocycles. The Bertz CT molecular complexity index is 359. The fourth-order valence-corrected chi connectivity index (χ4v) is 0.755. The van der Waals surface area contributed by atoms with Gasteiger partial charge in [-0.05, 0) is 12.1 Å². The van der Waals surface area contributed by atoms with Crippen LogP contribution in [-0.4, -0.2) is 22.6 Å². The summed E-state index contributed by atoms with van der Waals surface area (Å²) in [5.41, 5.74) is 5.83. The van der Waals surface area contributed by atoms with E-state index < -0.39 is 5.91 Å². The molecule has 0 spiro atoms. The molecule has 0 unspecified atom stereocenters. The summed E-state index contributed by atoms with van der Waals surface area (Å²) in [6.07, 6.45) is 1.43. The molecule has 1 rings (SSSR count). The predicted octanol–water partition coefficient (Wildman–Crippen LogP) is -0.476. The van der Waals surface area contributed by atoms with Crippen LogP contribution in [-0.2, 0) is 0 Å². The number of hydrogen-bond donors (Lipinski definition) is 2. The lowest BCUT2D eigenvalue weighted by atomic mass is 10.2. The minimum absolute atomic E-state index is 0.197. The van der Waals surface area contributed by atoms with E-state index in [2.05, 4.69) is 16.8 Å². The molecule has 1 amide bonds. The summed E-state index contributed by atoms with van der Waals surface area (Å²) in [4.78, 5) is 14.4. The average Bonchev–Trinajstić information content (AvgIpc) is 2.15. The topological polar surface area (TPSA) is 76.2 Å². The SMILES string of the molecule is NC(=O)c1ccc(C#CCO)cn1. The maximum absolute atomic E-state index is 10.6. The Morgan fingerprint density at radius 3 is 2.85 bits per heavy atom. The Hall–Kier alpha value is -1.86. The largest absolute Gasteiger partial charge is 0.384 e. The summed E-state index contributed by atoms with van der Waals surface area (Å²) < 4.78 is 0. The van der Waals surface area contributed by atoms with Crippen LogP contribution in [0.2, 0.25) is 0 Å². The van der Waals surface area contributed by atoms with Gasteiger partial charge in [-0.1, -0.05) is 11.8 Å². The van der Waals surface area contributed by atoms with E-state index in [1.54, 1.807) is 6.07 Å². The smallest absolute Gasteiger partial charge is 0.267 e. The summed E-state index contributed by atoms with van der Waals surface area (Å²) in [6.45, 7) is -0.197. The van der Waals surface area contributed by atoms with Crippen LogP contribution in [0.15, 0.2) is 18.3 Å². The molecule has 0 fully saturated rings. The highest BCUT2D eigenvalue weighted by Gasteiger charge is 1.99. The van der Waals surface area contributed by atoms with Crippen LogP contribution in [0.3, 0.4) is 0 Å². The standard InChI is InChI=1S/C9H8N2O2/c10-9(13)8-4-3-7(6-11-8)2-1-5-12/h3-4,6,12H,5H2,(H2,10,13). The fraction of sp³-hybridized carbons (Fsp3) is 0.111. The van der Waals surface area contributed by atoms with Crippen LogP contribution < -0.4 is 5.73 Å². The van der Waals surface area contributed by atoms with Crippen LogP contribution in [0, 0.1) is 11.8 Å². The van der Waals surface area contributed by atoms with Gasteiger partial charge in [0, 0.05) is 11.8 Å². The van der Waals surface area contributed by atoms with Gasteiger partial charge in [-0.2, -0.15) is 0 Å². The molecule has 1 heterocycles. The highest BCUT2D eigenvalue weighted by molar-refractivity contribution is 5.90. The van der Waals surface area contributed by atoms with Crippen molar-refractivity contribution in [2.75, 3.05) is 6.61 Å². The van der Waals surface area contributed by atoms with Crippen LogP contribution in [0.25, 0.3) is 0 Å². The second-order valence-corrected chi connectivity index (χ2v) is 2.26. The van der Waals surface area contributed by atoms with E-state index in [9.17, 15) is 4.79 Å². The number of nitrogens with zero attached hydrogens (tertiary/aromatic N) is 1. The molecule has 0 saturated heterocycles. The zero-order chi connectivity index (χ0) is 9.68. The molecular formula is C9H8N2O2. The number of nitrogens with two attached hydrogens (primary N) is 1. The molecule has 4 heteroatoms. The molecule has 4 nitrogen and oxygen atoms in total. The van der Waals surface area contributed by atoms with Gasteiger partial charge in [0.05, 0.1) is 0 Å². The molecule has 0 aliphatic carbocycles. The molecule has 0 bridgehead atoms. The van der Waals surface area contributed by atoms with Gasteiger partial charge in [0.25, 0.3) is 5.91 Å². The molecule has 0 aliphatic heterocycles. The molecule has 0 aliphatic rings. The summed E-state index contributed by atoms with van der Waals surface area (Å²) in [7, 11) is 0. The van der Waals surface area contributed by atoms with Crippen molar-refractivity contribution < 1.29 is 9.90 Å². The summed E-state index contributed by atoms with van der Waals surface area (Å²) in [5, 5.41) is 8.40. The molecule has 66 valence electrons. The van der Waals surface area contributed by atoms with Crippen molar-refractivity contribution >= 4 is 5.91 Å². The Labute approximate surface area is 75.4 Å². The van der Waals surface area contributed by atoms with E-state index in [-0.39, 0.29) is 12.3 Å². The van der Waals surface area contributed by atoms with Crippen molar-refractivity contribution in [1.82, 2.24) is 4.98 Å². The molecule has 1 aromatic rings. The summed E-state index contributed by atoms with van der Waals surface area (Å²) >= 11 is 0. The normalized spacial score (nSPS) is 8.69. The van der Waals surface area contributed by atoms with Gasteiger partial charge in [0.1, 0.15) is 12.3 Å². The first-order chi connectivity index (χ1) is 6.24. The van der Waals surface area contributed by atoms with Gasteiger partial charge in [0.15, 0.2) is 0 Å². The first kappa shape index (κ1) is 9.23. The molecule has 13 heavy (non-hydrogen) atoms. The van der Waals surface area contributed by atoms with E-state index in [1.807, 2.05) is 0 Å². The third-order valence-corrected chi connectivity index (χ3v) is 1.33. The zero-order valence-electron chi connectivity index (χ0n) is 6.82. The van der Waals surface area contributed by atoms with E-state index in [4.69, 9.17) is 10.8 Å². The highest BCUT2D eigenvalue weighted by atomic mass is 16.2. The Kier molecular flexibility index (Phi) is 3.01. The third-order valence-electron chi connectivity index (χ3n) is 1.33. The van der Waals surface area contributed by atoms with Crippen molar-refractivity contribution in [3.63, 3.8) is 0 Å². The lowest BCUT2D eigenvalue weighted by Gasteiger charge is -1.93. The first-order valence-corrected chi connectivity index (χ1v) is 3.59. The van der Waals surface area contributed by atoms with Gasteiger partial charge < -0.3 is 10.8 Å². The van der Waals surface area contributed by atoms with Gasteiger partial charge >= 0.3 is 0 Å². The highest BCUT2D eigenvalue weighted by Crippen LogP contribution is 1.97. The van der Waals surface area contributed by atoms with Crippen LogP contribution >= 0.6 is 0 Å². The van der Waals surface area contributed by atoms with Crippen LogP contribution in [0.1, 0.15) is 16.1 Å². The van der Waals surface area contributed by atoms with Crippen molar-refractivity contribution in [2.45, 2.75) is 0 Å². The lowest BCUT2D eigenvalue weighted by molar-refractivity contribution is 0.0995. The van der Waals surface area contributed by atoms with Crippen LogP contribution in [0.4, 0.5) is 0 Å². The quantitative estimate of drug-likeness (QED) is 0.567. The van der Waals surface area contributed by atoms with Crippen molar-refractivity contribution in [1.29, 1.82) is 0 Å². The summed E-state index contributed by atoms with van der Waals surface area (Å²) in [6, 6.07) is 3.11. The molecular weight excluding hydrogens is 168 g/mol. The van der Waals surface area contributed by atoms with Crippen molar-refractivity contribution in [2.24, 2.45) is 5.73 Å². The Balaban J connectivity index is 2.87. The second-order valence-electron chi connectivity index (χ2n) is 2.26. The number of carbonyl (C=O) groups excluding carboxylic acids is 1. The van der Waals surface area contributed by atoms with Gasteiger partial charge in [-0.15, -0.1) is 0 Å². The number of carbonyl (C=O) groups is 1.